The lowest BCUT2D eigenvalue weighted by Gasteiger charge is -2.35. The lowest BCUT2D eigenvalue weighted by molar-refractivity contribution is 0.152. The van der Waals surface area contributed by atoms with Crippen LogP contribution < -0.4 is 10.2 Å². The molecule has 20 heavy (non-hydrogen) atoms. The Labute approximate surface area is 122 Å². The SMILES string of the molecule is CCN(CC1(CNC2CC2)CCOC1)c1ccccc1. The minimum absolute atomic E-state index is 0.286. The van der Waals surface area contributed by atoms with E-state index in [1.807, 2.05) is 0 Å². The van der Waals surface area contributed by atoms with Crippen molar-refractivity contribution < 1.29 is 4.74 Å². The molecule has 0 amide bonds. The van der Waals surface area contributed by atoms with E-state index in [1.165, 1.54) is 24.9 Å². The largest absolute Gasteiger partial charge is 0.381 e. The first-order valence-electron chi connectivity index (χ1n) is 7.92. The van der Waals surface area contributed by atoms with Crippen molar-refractivity contribution in [2.75, 3.05) is 37.7 Å². The molecule has 3 nitrogen and oxygen atoms in total. The van der Waals surface area contributed by atoms with Crippen molar-refractivity contribution >= 4 is 5.69 Å². The standard InChI is InChI=1S/C17H26N2O/c1-2-19(16-6-4-3-5-7-16)13-17(10-11-20-14-17)12-18-15-8-9-15/h3-7,15,18H,2,8-14H2,1H3. The van der Waals surface area contributed by atoms with E-state index in [0.29, 0.717) is 0 Å². The van der Waals surface area contributed by atoms with E-state index in [1.54, 1.807) is 0 Å². The van der Waals surface area contributed by atoms with E-state index in [0.717, 1.165) is 38.9 Å². The number of rotatable bonds is 7. The third kappa shape index (κ3) is 3.33. The predicted octanol–water partition coefficient (Wildman–Crippen LogP) is 2.67. The van der Waals surface area contributed by atoms with Gasteiger partial charge in [-0.3, -0.25) is 0 Å². The summed E-state index contributed by atoms with van der Waals surface area (Å²) in [4.78, 5) is 2.49. The number of nitrogens with one attached hydrogen (secondary N) is 1. The highest BCUT2D eigenvalue weighted by atomic mass is 16.5. The highest BCUT2D eigenvalue weighted by Crippen LogP contribution is 2.32. The number of hydrogen-bond acceptors (Lipinski definition) is 3. The molecule has 1 atom stereocenters. The van der Waals surface area contributed by atoms with Gasteiger partial charge in [-0.25, -0.2) is 0 Å². The van der Waals surface area contributed by atoms with Crippen molar-refractivity contribution in [2.24, 2.45) is 5.41 Å². The van der Waals surface area contributed by atoms with Gasteiger partial charge in [0, 0.05) is 43.4 Å². The average Bonchev–Trinajstić information content (AvgIpc) is 3.22. The molecule has 1 saturated carbocycles. The molecule has 2 aliphatic rings. The molecule has 0 radical (unpaired) electrons. The van der Waals surface area contributed by atoms with Crippen LogP contribution >= 0.6 is 0 Å². The molecule has 0 bridgehead atoms. The van der Waals surface area contributed by atoms with Gasteiger partial charge >= 0.3 is 0 Å². The third-order valence-corrected chi connectivity index (χ3v) is 4.56. The number of hydrogen-bond donors (Lipinski definition) is 1. The fraction of sp³-hybridized carbons (Fsp3) is 0.647. The van der Waals surface area contributed by atoms with E-state index < -0.39 is 0 Å². The third-order valence-electron chi connectivity index (χ3n) is 4.56. The van der Waals surface area contributed by atoms with Crippen LogP contribution in [0.2, 0.25) is 0 Å². The summed E-state index contributed by atoms with van der Waals surface area (Å²) < 4.78 is 5.73. The highest BCUT2D eigenvalue weighted by molar-refractivity contribution is 5.46. The van der Waals surface area contributed by atoms with Crippen molar-refractivity contribution in [1.82, 2.24) is 5.32 Å². The number of nitrogens with zero attached hydrogens (tertiary/aromatic N) is 1. The molecule has 1 aromatic carbocycles. The molecule has 2 fully saturated rings. The summed E-state index contributed by atoms with van der Waals surface area (Å²) in [6.07, 6.45) is 3.89. The minimum Gasteiger partial charge on any atom is -0.381 e. The maximum atomic E-state index is 5.73. The van der Waals surface area contributed by atoms with Crippen molar-refractivity contribution in [3.63, 3.8) is 0 Å². The zero-order chi connectivity index (χ0) is 13.8. The van der Waals surface area contributed by atoms with Gasteiger partial charge in [-0.2, -0.15) is 0 Å². The molecule has 1 aliphatic heterocycles. The van der Waals surface area contributed by atoms with Crippen LogP contribution in [0, 0.1) is 5.41 Å². The van der Waals surface area contributed by atoms with Gasteiger partial charge < -0.3 is 15.0 Å². The Kier molecular flexibility index (Phi) is 4.27. The Balaban J connectivity index is 1.67. The van der Waals surface area contributed by atoms with Crippen LogP contribution in [0.3, 0.4) is 0 Å². The van der Waals surface area contributed by atoms with E-state index >= 15 is 0 Å². The van der Waals surface area contributed by atoms with Gasteiger partial charge in [0.2, 0.25) is 0 Å². The van der Waals surface area contributed by atoms with Crippen LogP contribution in [0.1, 0.15) is 26.2 Å². The second-order valence-electron chi connectivity index (χ2n) is 6.31. The summed E-state index contributed by atoms with van der Waals surface area (Å²) in [5.41, 5.74) is 1.61. The first kappa shape index (κ1) is 13.9. The molecule has 0 aromatic heterocycles. The van der Waals surface area contributed by atoms with Crippen LogP contribution in [-0.4, -0.2) is 38.9 Å². The molecule has 1 aliphatic carbocycles. The molecule has 1 N–H and O–H groups in total. The summed E-state index contributed by atoms with van der Waals surface area (Å²) >= 11 is 0. The summed E-state index contributed by atoms with van der Waals surface area (Å²) in [5.74, 6) is 0. The second kappa shape index (κ2) is 6.15. The van der Waals surface area contributed by atoms with E-state index in [-0.39, 0.29) is 5.41 Å². The Hall–Kier alpha value is -1.06. The second-order valence-corrected chi connectivity index (χ2v) is 6.31. The Morgan fingerprint density at radius 2 is 2.10 bits per heavy atom. The van der Waals surface area contributed by atoms with Gasteiger partial charge in [0.25, 0.3) is 0 Å². The van der Waals surface area contributed by atoms with Crippen molar-refractivity contribution in [3.8, 4) is 0 Å². The predicted molar refractivity (Wildman–Crippen MR) is 83.2 cm³/mol. The molecule has 1 aromatic rings. The van der Waals surface area contributed by atoms with Crippen molar-refractivity contribution in [1.29, 1.82) is 0 Å². The summed E-state index contributed by atoms with van der Waals surface area (Å²) in [6, 6.07) is 11.5. The Morgan fingerprint density at radius 3 is 2.70 bits per heavy atom. The maximum Gasteiger partial charge on any atom is 0.0552 e. The normalized spacial score (nSPS) is 25.9. The van der Waals surface area contributed by atoms with E-state index in [4.69, 9.17) is 4.74 Å². The van der Waals surface area contributed by atoms with Crippen LogP contribution in [0.4, 0.5) is 5.69 Å². The van der Waals surface area contributed by atoms with Gasteiger partial charge in [0.15, 0.2) is 0 Å². The van der Waals surface area contributed by atoms with Gasteiger partial charge in [0.05, 0.1) is 6.61 Å². The Bertz CT molecular complexity index is 410. The molecule has 3 heteroatoms. The fourth-order valence-electron chi connectivity index (χ4n) is 3.05. The van der Waals surface area contributed by atoms with Crippen LogP contribution in [0.25, 0.3) is 0 Å². The minimum atomic E-state index is 0.286. The molecule has 110 valence electrons. The molecule has 3 rings (SSSR count). The summed E-state index contributed by atoms with van der Waals surface area (Å²) in [5, 5.41) is 3.71. The number of ether oxygens (including phenoxy) is 1. The van der Waals surface area contributed by atoms with Crippen molar-refractivity contribution in [3.05, 3.63) is 30.3 Å². The molecule has 0 spiro atoms. The van der Waals surface area contributed by atoms with E-state index in [2.05, 4.69) is 47.5 Å². The maximum absolute atomic E-state index is 5.73. The topological polar surface area (TPSA) is 24.5 Å². The first-order chi connectivity index (χ1) is 9.81. The molecular weight excluding hydrogens is 248 g/mol. The molecule has 1 heterocycles. The van der Waals surface area contributed by atoms with Gasteiger partial charge in [0.1, 0.15) is 0 Å². The fourth-order valence-corrected chi connectivity index (χ4v) is 3.05. The monoisotopic (exact) mass is 274 g/mol. The number of para-hydroxylation sites is 1. The Morgan fingerprint density at radius 1 is 1.30 bits per heavy atom. The van der Waals surface area contributed by atoms with Gasteiger partial charge in [-0.15, -0.1) is 0 Å². The van der Waals surface area contributed by atoms with Crippen molar-refractivity contribution in [2.45, 2.75) is 32.2 Å². The number of anilines is 1. The lowest BCUT2D eigenvalue weighted by atomic mass is 9.86. The lowest BCUT2D eigenvalue weighted by Crippen LogP contribution is -2.45. The summed E-state index contributed by atoms with van der Waals surface area (Å²) in [7, 11) is 0. The molecule has 1 unspecified atom stereocenters. The van der Waals surface area contributed by atoms with Crippen LogP contribution in [0.15, 0.2) is 30.3 Å². The quantitative estimate of drug-likeness (QED) is 0.827. The zero-order valence-electron chi connectivity index (χ0n) is 12.5. The number of benzene rings is 1. The zero-order valence-corrected chi connectivity index (χ0v) is 12.5. The summed E-state index contributed by atoms with van der Waals surface area (Å²) in [6.45, 7) is 7.29. The van der Waals surface area contributed by atoms with Crippen LogP contribution in [0.5, 0.6) is 0 Å². The van der Waals surface area contributed by atoms with Crippen LogP contribution in [-0.2, 0) is 4.74 Å². The van der Waals surface area contributed by atoms with Gasteiger partial charge in [-0.05, 0) is 38.3 Å². The van der Waals surface area contributed by atoms with Gasteiger partial charge in [-0.1, -0.05) is 18.2 Å². The first-order valence-corrected chi connectivity index (χ1v) is 7.92. The molecule has 1 saturated heterocycles. The highest BCUT2D eigenvalue weighted by Gasteiger charge is 2.38. The van der Waals surface area contributed by atoms with E-state index in [9.17, 15) is 0 Å². The molecular formula is C17H26N2O. The smallest absolute Gasteiger partial charge is 0.0552 e. The average molecular weight is 274 g/mol.